The largest absolute Gasteiger partial charge is 0.468 e. The van der Waals surface area contributed by atoms with Gasteiger partial charge in [-0.25, -0.2) is 0 Å². The molecule has 1 saturated carbocycles. The molecule has 0 spiro atoms. The van der Waals surface area contributed by atoms with Crippen molar-refractivity contribution in [2.75, 3.05) is 20.8 Å². The summed E-state index contributed by atoms with van der Waals surface area (Å²) in [5.74, 6) is -0.493. The van der Waals surface area contributed by atoms with E-state index in [1.807, 2.05) is 13.8 Å². The molecule has 0 N–H and O–H groups in total. The molecule has 2 aliphatic carbocycles. The molecule has 5 heteroatoms. The summed E-state index contributed by atoms with van der Waals surface area (Å²) in [7, 11) is 2.66. The molecule has 1 aliphatic heterocycles. The fourth-order valence-corrected chi connectivity index (χ4v) is 5.13. The maximum Gasteiger partial charge on any atom is 0.328 e. The number of carbonyl (C=O) groups excluding carboxylic acids is 2. The summed E-state index contributed by atoms with van der Waals surface area (Å²) in [6, 6.07) is 0. The normalized spacial score (nSPS) is 25.7. The molecule has 0 saturated heterocycles. The number of allylic oxidation sites excluding steroid dienone is 1. The molecule has 5 nitrogen and oxygen atoms in total. The second kappa shape index (κ2) is 7.55. The van der Waals surface area contributed by atoms with Crippen LogP contribution in [-0.4, -0.2) is 38.9 Å². The van der Waals surface area contributed by atoms with Crippen molar-refractivity contribution in [2.45, 2.75) is 64.9 Å². The molecule has 1 heterocycles. The standard InChI is InChI=1S/C21H30O5/c1-13(2)18-16-12-26-17(14-8-6-5-7-9-14)10-15(16)11-21(18,19(22)24-3)20(23)25-4/h14,17H,5-12H2,1-4H3. The highest BCUT2D eigenvalue weighted by atomic mass is 16.5. The lowest BCUT2D eigenvalue weighted by Gasteiger charge is -2.34. The maximum atomic E-state index is 12.8. The SMILES string of the molecule is COC(=O)C1(C(=O)OC)CC2=C(COC(C3CCCCC3)C2)C1=C(C)C. The lowest BCUT2D eigenvalue weighted by Crippen LogP contribution is -2.41. The molecule has 3 aliphatic rings. The van der Waals surface area contributed by atoms with E-state index in [9.17, 15) is 9.59 Å². The minimum atomic E-state index is -1.38. The summed E-state index contributed by atoms with van der Waals surface area (Å²) in [6.45, 7) is 4.32. The second-order valence-corrected chi connectivity index (χ2v) is 7.97. The molecular weight excluding hydrogens is 332 g/mol. The Balaban J connectivity index is 1.95. The maximum absolute atomic E-state index is 12.8. The van der Waals surface area contributed by atoms with Gasteiger partial charge in [-0.2, -0.15) is 0 Å². The van der Waals surface area contributed by atoms with E-state index in [-0.39, 0.29) is 6.10 Å². The number of rotatable bonds is 3. The Morgan fingerprint density at radius 3 is 2.19 bits per heavy atom. The molecule has 0 aromatic carbocycles. The van der Waals surface area contributed by atoms with E-state index in [4.69, 9.17) is 14.2 Å². The molecular formula is C21H30O5. The van der Waals surface area contributed by atoms with Gasteiger partial charge in [0, 0.05) is 6.42 Å². The van der Waals surface area contributed by atoms with Crippen molar-refractivity contribution in [2.24, 2.45) is 11.3 Å². The minimum Gasteiger partial charge on any atom is -0.468 e. The van der Waals surface area contributed by atoms with Crippen molar-refractivity contribution in [3.05, 3.63) is 22.3 Å². The number of methoxy groups -OCH3 is 2. The summed E-state index contributed by atoms with van der Waals surface area (Å²) in [4.78, 5) is 25.5. The molecule has 0 aromatic rings. The highest BCUT2D eigenvalue weighted by molar-refractivity contribution is 6.06. The molecule has 0 aromatic heterocycles. The summed E-state index contributed by atoms with van der Waals surface area (Å²) < 4.78 is 16.3. The van der Waals surface area contributed by atoms with E-state index in [0.29, 0.717) is 18.9 Å². The van der Waals surface area contributed by atoms with Crippen molar-refractivity contribution >= 4 is 11.9 Å². The van der Waals surface area contributed by atoms with Crippen molar-refractivity contribution in [3.63, 3.8) is 0 Å². The van der Waals surface area contributed by atoms with Gasteiger partial charge in [-0.15, -0.1) is 0 Å². The van der Waals surface area contributed by atoms with Gasteiger partial charge >= 0.3 is 11.9 Å². The first kappa shape index (κ1) is 19.2. The zero-order valence-corrected chi connectivity index (χ0v) is 16.4. The number of hydrogen-bond donors (Lipinski definition) is 0. The van der Waals surface area contributed by atoms with Crippen LogP contribution < -0.4 is 0 Å². The molecule has 0 bridgehead atoms. The fourth-order valence-electron chi connectivity index (χ4n) is 5.13. The lowest BCUT2D eigenvalue weighted by atomic mass is 9.77. The Hall–Kier alpha value is -1.62. The van der Waals surface area contributed by atoms with E-state index < -0.39 is 17.4 Å². The monoisotopic (exact) mass is 362 g/mol. The third-order valence-electron chi connectivity index (χ3n) is 6.27. The first-order valence-corrected chi connectivity index (χ1v) is 9.63. The van der Waals surface area contributed by atoms with Crippen LogP contribution in [0.15, 0.2) is 22.3 Å². The second-order valence-electron chi connectivity index (χ2n) is 7.97. The Labute approximate surface area is 155 Å². The van der Waals surface area contributed by atoms with Gasteiger partial charge in [0.15, 0.2) is 5.41 Å². The molecule has 1 fully saturated rings. The van der Waals surface area contributed by atoms with Crippen LogP contribution in [0, 0.1) is 11.3 Å². The van der Waals surface area contributed by atoms with E-state index in [0.717, 1.165) is 23.1 Å². The van der Waals surface area contributed by atoms with Crippen molar-refractivity contribution in [1.29, 1.82) is 0 Å². The van der Waals surface area contributed by atoms with Gasteiger partial charge in [0.2, 0.25) is 0 Å². The van der Waals surface area contributed by atoms with Crippen LogP contribution in [-0.2, 0) is 23.8 Å². The average molecular weight is 362 g/mol. The van der Waals surface area contributed by atoms with Gasteiger partial charge in [-0.05, 0) is 50.2 Å². The molecule has 0 amide bonds. The molecule has 1 unspecified atom stereocenters. The number of esters is 2. The van der Waals surface area contributed by atoms with E-state index >= 15 is 0 Å². The van der Waals surface area contributed by atoms with Gasteiger partial charge in [-0.3, -0.25) is 9.59 Å². The predicted molar refractivity (Wildman–Crippen MR) is 97.4 cm³/mol. The van der Waals surface area contributed by atoms with E-state index in [2.05, 4.69) is 0 Å². The summed E-state index contributed by atoms with van der Waals surface area (Å²) in [6.07, 6.45) is 7.62. The molecule has 26 heavy (non-hydrogen) atoms. The van der Waals surface area contributed by atoms with Crippen LogP contribution in [0.25, 0.3) is 0 Å². The van der Waals surface area contributed by atoms with Gasteiger partial charge in [-0.1, -0.05) is 30.4 Å². The first-order valence-electron chi connectivity index (χ1n) is 9.63. The van der Waals surface area contributed by atoms with Crippen LogP contribution >= 0.6 is 0 Å². The van der Waals surface area contributed by atoms with Gasteiger partial charge in [0.1, 0.15) is 0 Å². The van der Waals surface area contributed by atoms with E-state index in [1.165, 1.54) is 51.9 Å². The van der Waals surface area contributed by atoms with Crippen LogP contribution in [0.5, 0.6) is 0 Å². The Kier molecular flexibility index (Phi) is 5.56. The molecule has 0 radical (unpaired) electrons. The van der Waals surface area contributed by atoms with E-state index in [1.54, 1.807) is 0 Å². The van der Waals surface area contributed by atoms with Crippen LogP contribution in [0.1, 0.15) is 58.8 Å². The first-order chi connectivity index (χ1) is 12.5. The molecule has 144 valence electrons. The minimum absolute atomic E-state index is 0.193. The highest BCUT2D eigenvalue weighted by Crippen LogP contribution is 2.53. The summed E-state index contributed by atoms with van der Waals surface area (Å²) in [5, 5.41) is 0. The molecule has 3 rings (SSSR count). The number of ether oxygens (including phenoxy) is 3. The smallest absolute Gasteiger partial charge is 0.328 e. The highest BCUT2D eigenvalue weighted by Gasteiger charge is 2.58. The van der Waals surface area contributed by atoms with Crippen LogP contribution in [0.3, 0.4) is 0 Å². The fraction of sp³-hybridized carbons (Fsp3) is 0.714. The third-order valence-corrected chi connectivity index (χ3v) is 6.27. The van der Waals surface area contributed by atoms with Crippen LogP contribution in [0.4, 0.5) is 0 Å². The number of carbonyl (C=O) groups is 2. The predicted octanol–water partition coefficient (Wildman–Crippen LogP) is 3.72. The van der Waals surface area contributed by atoms with Crippen molar-refractivity contribution in [3.8, 4) is 0 Å². The van der Waals surface area contributed by atoms with Gasteiger partial charge in [0.05, 0.1) is 26.9 Å². The zero-order chi connectivity index (χ0) is 18.9. The quantitative estimate of drug-likeness (QED) is 0.565. The summed E-state index contributed by atoms with van der Waals surface area (Å²) >= 11 is 0. The van der Waals surface area contributed by atoms with Gasteiger partial charge in [0.25, 0.3) is 0 Å². The Morgan fingerprint density at radius 2 is 1.65 bits per heavy atom. The van der Waals surface area contributed by atoms with Crippen molar-refractivity contribution < 1.29 is 23.8 Å². The molecule has 1 atom stereocenters. The Bertz CT molecular complexity index is 631. The van der Waals surface area contributed by atoms with Crippen LogP contribution in [0.2, 0.25) is 0 Å². The zero-order valence-electron chi connectivity index (χ0n) is 16.4. The lowest BCUT2D eigenvalue weighted by molar-refractivity contribution is -0.165. The summed E-state index contributed by atoms with van der Waals surface area (Å²) in [5.41, 5.74) is 2.48. The van der Waals surface area contributed by atoms with Gasteiger partial charge < -0.3 is 14.2 Å². The topological polar surface area (TPSA) is 61.8 Å². The van der Waals surface area contributed by atoms with Crippen molar-refractivity contribution in [1.82, 2.24) is 0 Å². The third kappa shape index (κ3) is 3.00. The average Bonchev–Trinajstić information content (AvgIpc) is 3.02. The Morgan fingerprint density at radius 1 is 1.04 bits per heavy atom. The number of hydrogen-bond acceptors (Lipinski definition) is 5.